The molecule has 1 aliphatic rings. The minimum absolute atomic E-state index is 0.129. The molecule has 1 aliphatic heterocycles. The number of benzene rings is 2. The molecule has 4 heteroatoms. The Morgan fingerprint density at radius 3 is 2.05 bits per heavy atom. The van der Waals surface area contributed by atoms with Gasteiger partial charge in [0, 0.05) is 29.4 Å². The van der Waals surface area contributed by atoms with Crippen molar-refractivity contribution in [3.05, 3.63) is 60.7 Å². The Labute approximate surface area is 132 Å². The third-order valence-corrected chi connectivity index (χ3v) is 8.04. The molecular formula is C18H22NO2P. The summed E-state index contributed by atoms with van der Waals surface area (Å²) in [5, 5.41) is 11.0. The van der Waals surface area contributed by atoms with Gasteiger partial charge < -0.3 is 14.6 Å². The van der Waals surface area contributed by atoms with Crippen molar-refractivity contribution in [2.75, 3.05) is 26.2 Å². The average molecular weight is 315 g/mol. The lowest BCUT2D eigenvalue weighted by atomic mass is 10.3. The lowest BCUT2D eigenvalue weighted by molar-refractivity contribution is 0.222. The Hall–Kier alpha value is -1.41. The van der Waals surface area contributed by atoms with Gasteiger partial charge in [0.25, 0.3) is 0 Å². The molecule has 3 nitrogen and oxygen atoms in total. The maximum absolute atomic E-state index is 14.1. The van der Waals surface area contributed by atoms with Gasteiger partial charge in [0.05, 0.1) is 6.61 Å². The molecule has 0 aliphatic carbocycles. The number of rotatable bonds is 5. The first kappa shape index (κ1) is 15.5. The van der Waals surface area contributed by atoms with Crippen molar-refractivity contribution in [3.8, 4) is 0 Å². The van der Waals surface area contributed by atoms with Crippen molar-refractivity contribution >= 4 is 17.8 Å². The highest BCUT2D eigenvalue weighted by Gasteiger charge is 2.40. The number of hydrogen-bond acceptors (Lipinski definition) is 3. The molecular weight excluding hydrogens is 293 g/mol. The molecule has 3 rings (SSSR count). The van der Waals surface area contributed by atoms with Crippen molar-refractivity contribution in [1.82, 2.24) is 4.90 Å². The van der Waals surface area contributed by atoms with Gasteiger partial charge in [-0.2, -0.15) is 0 Å². The zero-order valence-electron chi connectivity index (χ0n) is 12.6. The molecule has 1 unspecified atom stereocenters. The van der Waals surface area contributed by atoms with Gasteiger partial charge in [-0.1, -0.05) is 60.7 Å². The number of likely N-dealkylation sites (tertiary alicyclic amines) is 1. The van der Waals surface area contributed by atoms with Crippen molar-refractivity contribution < 1.29 is 9.67 Å². The minimum Gasteiger partial charge on any atom is -0.395 e. The Morgan fingerprint density at radius 1 is 1.00 bits per heavy atom. The van der Waals surface area contributed by atoms with Crippen LogP contribution in [0.4, 0.5) is 0 Å². The molecule has 2 aromatic rings. The molecule has 0 aromatic heterocycles. The first-order valence-electron chi connectivity index (χ1n) is 7.79. The molecule has 1 heterocycles. The monoisotopic (exact) mass is 315 g/mol. The van der Waals surface area contributed by atoms with E-state index in [1.54, 1.807) is 0 Å². The molecule has 22 heavy (non-hydrogen) atoms. The maximum atomic E-state index is 14.1. The second-order valence-corrected chi connectivity index (χ2v) is 8.87. The summed E-state index contributed by atoms with van der Waals surface area (Å²) in [6.07, 6.45) is 0.918. The molecule has 0 saturated carbocycles. The van der Waals surface area contributed by atoms with Crippen LogP contribution in [0.1, 0.15) is 6.42 Å². The molecule has 116 valence electrons. The van der Waals surface area contributed by atoms with E-state index in [0.717, 1.165) is 30.1 Å². The zero-order valence-corrected chi connectivity index (χ0v) is 13.5. The second kappa shape index (κ2) is 6.78. The molecule has 0 radical (unpaired) electrons. The van der Waals surface area contributed by atoms with Gasteiger partial charge in [0.2, 0.25) is 0 Å². The highest BCUT2D eigenvalue weighted by atomic mass is 31.2. The van der Waals surface area contributed by atoms with Crippen LogP contribution < -0.4 is 10.6 Å². The van der Waals surface area contributed by atoms with E-state index in [2.05, 4.69) is 4.90 Å². The van der Waals surface area contributed by atoms with Gasteiger partial charge in [-0.3, -0.25) is 0 Å². The zero-order chi connectivity index (χ0) is 15.4. The van der Waals surface area contributed by atoms with Crippen molar-refractivity contribution in [1.29, 1.82) is 0 Å². The summed E-state index contributed by atoms with van der Waals surface area (Å²) < 4.78 is 14.1. The summed E-state index contributed by atoms with van der Waals surface area (Å²) in [5.74, 6) is 0. The van der Waals surface area contributed by atoms with Crippen LogP contribution in [0.15, 0.2) is 60.7 Å². The lowest BCUT2D eigenvalue weighted by Crippen LogP contribution is -2.30. The Bertz CT molecular complexity index is 601. The molecule has 1 atom stereocenters. The smallest absolute Gasteiger partial charge is 0.147 e. The van der Waals surface area contributed by atoms with Crippen LogP contribution in [0, 0.1) is 0 Å². The summed E-state index contributed by atoms with van der Waals surface area (Å²) in [6.45, 7) is 2.53. The Balaban J connectivity index is 2.00. The maximum Gasteiger partial charge on any atom is 0.147 e. The van der Waals surface area contributed by atoms with E-state index in [-0.39, 0.29) is 12.3 Å². The van der Waals surface area contributed by atoms with E-state index in [0.29, 0.717) is 6.54 Å². The molecule has 1 N–H and O–H groups in total. The molecule has 0 amide bonds. The predicted molar refractivity (Wildman–Crippen MR) is 91.7 cm³/mol. The number of nitrogens with zero attached hydrogens (tertiary/aromatic N) is 1. The largest absolute Gasteiger partial charge is 0.395 e. The lowest BCUT2D eigenvalue weighted by Gasteiger charge is -2.26. The SMILES string of the molecule is O=P(c1ccccc1)(c1ccccc1)C1CCN(CCO)C1. The Kier molecular flexibility index (Phi) is 4.77. The van der Waals surface area contributed by atoms with Gasteiger partial charge in [0.1, 0.15) is 7.14 Å². The van der Waals surface area contributed by atoms with E-state index >= 15 is 0 Å². The minimum atomic E-state index is -2.66. The highest BCUT2D eigenvalue weighted by molar-refractivity contribution is 7.79. The topological polar surface area (TPSA) is 40.5 Å². The van der Waals surface area contributed by atoms with E-state index in [1.165, 1.54) is 0 Å². The number of hydrogen-bond donors (Lipinski definition) is 1. The van der Waals surface area contributed by atoms with Crippen LogP contribution in [0.3, 0.4) is 0 Å². The van der Waals surface area contributed by atoms with Gasteiger partial charge in [0.15, 0.2) is 0 Å². The third-order valence-electron chi connectivity index (χ3n) is 4.46. The van der Waals surface area contributed by atoms with Gasteiger partial charge in [-0.25, -0.2) is 0 Å². The molecule has 2 aromatic carbocycles. The summed E-state index contributed by atoms with van der Waals surface area (Å²) in [4.78, 5) is 2.21. The molecule has 1 fully saturated rings. The predicted octanol–water partition coefficient (Wildman–Crippen LogP) is 2.07. The summed E-state index contributed by atoms with van der Waals surface area (Å²) in [5.41, 5.74) is 0.129. The van der Waals surface area contributed by atoms with E-state index < -0.39 is 7.14 Å². The Morgan fingerprint density at radius 2 is 1.55 bits per heavy atom. The van der Waals surface area contributed by atoms with Gasteiger partial charge >= 0.3 is 0 Å². The molecule has 0 spiro atoms. The van der Waals surface area contributed by atoms with E-state index in [1.807, 2.05) is 60.7 Å². The van der Waals surface area contributed by atoms with Crippen LogP contribution >= 0.6 is 7.14 Å². The van der Waals surface area contributed by atoms with Crippen molar-refractivity contribution in [2.45, 2.75) is 12.1 Å². The quantitative estimate of drug-likeness (QED) is 0.859. The summed E-state index contributed by atoms with van der Waals surface area (Å²) in [7, 11) is -2.66. The van der Waals surface area contributed by atoms with Crippen molar-refractivity contribution in [3.63, 3.8) is 0 Å². The summed E-state index contributed by atoms with van der Waals surface area (Å²) in [6, 6.07) is 19.7. The van der Waals surface area contributed by atoms with Gasteiger partial charge in [-0.15, -0.1) is 0 Å². The van der Waals surface area contributed by atoms with Crippen molar-refractivity contribution in [2.24, 2.45) is 0 Å². The van der Waals surface area contributed by atoms with Crippen LogP contribution in [-0.2, 0) is 4.57 Å². The number of β-amino-alcohol motifs (C(OH)–C–C–N with tert-alkyl or cyclic N) is 1. The average Bonchev–Trinajstić information content (AvgIpc) is 3.05. The molecule has 1 saturated heterocycles. The third kappa shape index (κ3) is 2.89. The normalized spacial score (nSPS) is 19.4. The fourth-order valence-electron chi connectivity index (χ4n) is 3.32. The fourth-order valence-corrected chi connectivity index (χ4v) is 6.63. The number of aliphatic hydroxyl groups is 1. The van der Waals surface area contributed by atoms with E-state index in [4.69, 9.17) is 5.11 Å². The van der Waals surface area contributed by atoms with Crippen LogP contribution in [-0.4, -0.2) is 41.9 Å². The summed E-state index contributed by atoms with van der Waals surface area (Å²) >= 11 is 0. The van der Waals surface area contributed by atoms with Crippen LogP contribution in [0.25, 0.3) is 0 Å². The first-order chi connectivity index (χ1) is 10.7. The first-order valence-corrected chi connectivity index (χ1v) is 9.57. The van der Waals surface area contributed by atoms with Crippen LogP contribution in [0.2, 0.25) is 0 Å². The van der Waals surface area contributed by atoms with Crippen LogP contribution in [0.5, 0.6) is 0 Å². The molecule has 0 bridgehead atoms. The fraction of sp³-hybridized carbons (Fsp3) is 0.333. The number of aliphatic hydroxyl groups excluding tert-OH is 1. The standard InChI is InChI=1S/C18H22NO2P/c20-14-13-19-12-11-18(15-19)22(21,16-7-3-1-4-8-16)17-9-5-2-6-10-17/h1-10,18,20H,11-15H2. The van der Waals surface area contributed by atoms with E-state index in [9.17, 15) is 4.57 Å². The second-order valence-electron chi connectivity index (χ2n) is 5.80. The highest BCUT2D eigenvalue weighted by Crippen LogP contribution is 2.51. The van der Waals surface area contributed by atoms with Gasteiger partial charge in [-0.05, 0) is 13.0 Å².